The number of fused-ring (bicyclic) bond motifs is 4. The van der Waals surface area contributed by atoms with Crippen molar-refractivity contribution >= 4 is 49.8 Å². The molecule has 1 heterocycles. The van der Waals surface area contributed by atoms with Gasteiger partial charge < -0.3 is 9.32 Å². The van der Waals surface area contributed by atoms with Crippen LogP contribution in [0.2, 0.25) is 0 Å². The van der Waals surface area contributed by atoms with Crippen molar-refractivity contribution in [3.63, 3.8) is 0 Å². The molecule has 10 rings (SSSR count). The smallest absolute Gasteiger partial charge is 0.160 e. The number of nitrogens with zero attached hydrogens (tertiary/aromatic N) is 1. The molecule has 9 aromatic carbocycles. The zero-order valence-corrected chi connectivity index (χ0v) is 29.6. The maximum Gasteiger partial charge on any atom is 0.160 e. The molecule has 1 aromatic heterocycles. The fourth-order valence-corrected chi connectivity index (χ4v) is 7.82. The van der Waals surface area contributed by atoms with Crippen molar-refractivity contribution in [2.45, 2.75) is 0 Å². The lowest BCUT2D eigenvalue weighted by Crippen LogP contribution is -2.10. The Bertz CT molecular complexity index is 2910. The second-order valence-corrected chi connectivity index (χ2v) is 13.7. The van der Waals surface area contributed by atoms with Crippen molar-refractivity contribution in [2.75, 3.05) is 4.90 Å². The van der Waals surface area contributed by atoms with Gasteiger partial charge in [0.25, 0.3) is 0 Å². The van der Waals surface area contributed by atoms with E-state index in [2.05, 4.69) is 217 Å². The molecule has 0 saturated carbocycles. The minimum atomic E-state index is 0.846. The predicted molar refractivity (Wildman–Crippen MR) is 228 cm³/mol. The number of benzene rings is 9. The van der Waals surface area contributed by atoms with Crippen LogP contribution in [0.5, 0.6) is 0 Å². The van der Waals surface area contributed by atoms with Crippen LogP contribution in [-0.2, 0) is 0 Å². The summed E-state index contributed by atoms with van der Waals surface area (Å²) in [7, 11) is 0. The highest BCUT2D eigenvalue weighted by molar-refractivity contribution is 6.19. The maximum atomic E-state index is 7.16. The lowest BCUT2D eigenvalue weighted by Gasteiger charge is -2.27. The van der Waals surface area contributed by atoms with E-state index in [9.17, 15) is 0 Å². The summed E-state index contributed by atoms with van der Waals surface area (Å²) in [4.78, 5) is 2.35. The first-order valence-electron chi connectivity index (χ1n) is 18.4. The molecule has 0 atom stereocenters. The van der Waals surface area contributed by atoms with E-state index in [-0.39, 0.29) is 0 Å². The Morgan fingerprint density at radius 1 is 0.315 bits per heavy atom. The van der Waals surface area contributed by atoms with Gasteiger partial charge in [-0.15, -0.1) is 0 Å². The second kappa shape index (κ2) is 13.4. The zero-order chi connectivity index (χ0) is 35.8. The minimum Gasteiger partial charge on any atom is -0.453 e. The largest absolute Gasteiger partial charge is 0.453 e. The molecule has 0 amide bonds. The summed E-state index contributed by atoms with van der Waals surface area (Å²) in [5.74, 6) is 0. The molecule has 2 nitrogen and oxygen atoms in total. The number of hydrogen-bond donors (Lipinski definition) is 0. The summed E-state index contributed by atoms with van der Waals surface area (Å²) < 4.78 is 7.16. The summed E-state index contributed by atoms with van der Waals surface area (Å²) in [6, 6.07) is 75.7. The lowest BCUT2D eigenvalue weighted by atomic mass is 9.96. The van der Waals surface area contributed by atoms with Gasteiger partial charge in [-0.1, -0.05) is 176 Å². The van der Waals surface area contributed by atoms with Gasteiger partial charge in [0.1, 0.15) is 5.58 Å². The Morgan fingerprint density at radius 3 is 1.63 bits per heavy atom. The van der Waals surface area contributed by atoms with Crippen molar-refractivity contribution in [2.24, 2.45) is 0 Å². The van der Waals surface area contributed by atoms with Gasteiger partial charge in [0.15, 0.2) is 5.58 Å². The zero-order valence-electron chi connectivity index (χ0n) is 29.6. The van der Waals surface area contributed by atoms with Crippen LogP contribution in [0.25, 0.3) is 77.2 Å². The van der Waals surface area contributed by atoms with Gasteiger partial charge in [-0.25, -0.2) is 0 Å². The number of hydrogen-bond acceptors (Lipinski definition) is 2. The minimum absolute atomic E-state index is 0.846. The molecule has 0 aliphatic heterocycles. The summed E-state index contributed by atoms with van der Waals surface area (Å²) in [5.41, 5.74) is 14.0. The standard InChI is InChI=1S/C52H35NO/c1-4-14-36(15-5-1)42-22-12-23-45(35-42)53(44-30-28-38(29-31-44)43-27-26-37-16-10-11-21-41(37)34-43)49-33-32-46(39-17-6-2-7-18-39)50-48-25-13-24-47(51(48)54-52(49)50)40-19-8-3-9-20-40/h1-35H. The molecule has 0 saturated heterocycles. The van der Waals surface area contributed by atoms with Gasteiger partial charge in [-0.3, -0.25) is 0 Å². The molecule has 0 radical (unpaired) electrons. The first kappa shape index (κ1) is 31.6. The van der Waals surface area contributed by atoms with Crippen molar-refractivity contribution in [3.05, 3.63) is 212 Å². The van der Waals surface area contributed by atoms with Gasteiger partial charge in [0.2, 0.25) is 0 Å². The van der Waals surface area contributed by atoms with Crippen LogP contribution >= 0.6 is 0 Å². The Balaban J connectivity index is 1.21. The van der Waals surface area contributed by atoms with E-state index in [1.165, 1.54) is 27.5 Å². The van der Waals surface area contributed by atoms with Crippen LogP contribution in [-0.4, -0.2) is 0 Å². The molecular weight excluding hydrogens is 655 g/mol. The Labute approximate surface area is 314 Å². The highest BCUT2D eigenvalue weighted by atomic mass is 16.3. The molecule has 0 N–H and O–H groups in total. The lowest BCUT2D eigenvalue weighted by molar-refractivity contribution is 0.670. The highest BCUT2D eigenvalue weighted by Crippen LogP contribution is 2.48. The van der Waals surface area contributed by atoms with Gasteiger partial charge >= 0.3 is 0 Å². The van der Waals surface area contributed by atoms with Crippen LogP contribution < -0.4 is 4.90 Å². The number of rotatable bonds is 7. The van der Waals surface area contributed by atoms with Crippen molar-refractivity contribution in [1.82, 2.24) is 0 Å². The summed E-state index contributed by atoms with van der Waals surface area (Å²) in [6.45, 7) is 0. The Kier molecular flexibility index (Phi) is 7.85. The van der Waals surface area contributed by atoms with Gasteiger partial charge in [-0.2, -0.15) is 0 Å². The molecular formula is C52H35NO. The number of para-hydroxylation sites is 1. The van der Waals surface area contributed by atoms with Gasteiger partial charge in [-0.05, 0) is 86.1 Å². The first-order valence-corrected chi connectivity index (χ1v) is 18.4. The molecule has 2 heteroatoms. The quantitative estimate of drug-likeness (QED) is 0.166. The number of anilines is 3. The molecule has 254 valence electrons. The Hall–Kier alpha value is -7.16. The van der Waals surface area contributed by atoms with E-state index >= 15 is 0 Å². The molecule has 0 bridgehead atoms. The third-order valence-corrected chi connectivity index (χ3v) is 10.5. The molecule has 0 unspecified atom stereocenters. The molecule has 0 aliphatic carbocycles. The summed E-state index contributed by atoms with van der Waals surface area (Å²) in [6.07, 6.45) is 0. The van der Waals surface area contributed by atoms with Crippen LogP contribution in [0, 0.1) is 0 Å². The second-order valence-electron chi connectivity index (χ2n) is 13.7. The normalized spacial score (nSPS) is 11.3. The van der Waals surface area contributed by atoms with Gasteiger partial charge in [0, 0.05) is 27.7 Å². The Morgan fingerprint density at radius 2 is 0.889 bits per heavy atom. The van der Waals surface area contributed by atoms with Crippen LogP contribution in [0.4, 0.5) is 17.1 Å². The van der Waals surface area contributed by atoms with E-state index in [1.807, 2.05) is 0 Å². The maximum absolute atomic E-state index is 7.16. The molecule has 0 fully saturated rings. The predicted octanol–water partition coefficient (Wildman–Crippen LogP) is 14.9. The molecule has 0 aliphatic rings. The van der Waals surface area contributed by atoms with Crippen molar-refractivity contribution in [1.29, 1.82) is 0 Å². The van der Waals surface area contributed by atoms with E-state index in [1.54, 1.807) is 0 Å². The average Bonchev–Trinajstić information content (AvgIpc) is 3.65. The summed E-state index contributed by atoms with van der Waals surface area (Å²) in [5, 5.41) is 4.67. The molecule has 0 spiro atoms. The monoisotopic (exact) mass is 689 g/mol. The van der Waals surface area contributed by atoms with E-state index in [4.69, 9.17) is 4.42 Å². The third kappa shape index (κ3) is 5.62. The van der Waals surface area contributed by atoms with Crippen molar-refractivity contribution in [3.8, 4) is 44.5 Å². The SMILES string of the molecule is c1ccc(-c2cccc(N(c3ccc(-c4ccc5ccccc5c4)cc3)c3ccc(-c4ccccc4)c4c3oc3c(-c5ccccc5)cccc34)c2)cc1. The van der Waals surface area contributed by atoms with Crippen molar-refractivity contribution < 1.29 is 4.42 Å². The number of furan rings is 1. The average molecular weight is 690 g/mol. The molecule has 54 heavy (non-hydrogen) atoms. The third-order valence-electron chi connectivity index (χ3n) is 10.5. The highest BCUT2D eigenvalue weighted by Gasteiger charge is 2.24. The summed E-state index contributed by atoms with van der Waals surface area (Å²) >= 11 is 0. The van der Waals surface area contributed by atoms with Crippen LogP contribution in [0.1, 0.15) is 0 Å². The van der Waals surface area contributed by atoms with E-state index in [0.717, 1.165) is 66.8 Å². The van der Waals surface area contributed by atoms with Gasteiger partial charge in [0.05, 0.1) is 5.69 Å². The fourth-order valence-electron chi connectivity index (χ4n) is 7.82. The van der Waals surface area contributed by atoms with E-state index < -0.39 is 0 Å². The van der Waals surface area contributed by atoms with Crippen LogP contribution in [0.15, 0.2) is 217 Å². The van der Waals surface area contributed by atoms with Crippen LogP contribution in [0.3, 0.4) is 0 Å². The topological polar surface area (TPSA) is 16.4 Å². The molecule has 10 aromatic rings. The fraction of sp³-hybridized carbons (Fsp3) is 0. The van der Waals surface area contributed by atoms with E-state index in [0.29, 0.717) is 0 Å². The first-order chi connectivity index (χ1) is 26.8.